The van der Waals surface area contributed by atoms with E-state index in [-0.39, 0.29) is 6.04 Å². The molecule has 1 atom stereocenters. The molecule has 3 heteroatoms. The molecule has 2 rings (SSSR count). The van der Waals surface area contributed by atoms with Crippen LogP contribution in [0, 0.1) is 6.92 Å². The Bertz CT molecular complexity index is 423. The minimum absolute atomic E-state index is 0.0173. The number of nitrogens with two attached hydrogens (primary N) is 1. The van der Waals surface area contributed by atoms with Crippen LogP contribution >= 0.6 is 0 Å². The van der Waals surface area contributed by atoms with Gasteiger partial charge in [-0.15, -0.1) is 0 Å². The van der Waals surface area contributed by atoms with Gasteiger partial charge < -0.3 is 10.2 Å². The lowest BCUT2D eigenvalue weighted by Crippen LogP contribution is -2.14. The third kappa shape index (κ3) is 2.25. The van der Waals surface area contributed by atoms with E-state index in [2.05, 4.69) is 4.98 Å². The molecule has 0 aliphatic carbocycles. The number of furan rings is 1. The lowest BCUT2D eigenvalue weighted by atomic mass is 9.99. The average molecular weight is 202 g/mol. The van der Waals surface area contributed by atoms with Crippen molar-refractivity contribution in [3.63, 3.8) is 0 Å². The van der Waals surface area contributed by atoms with E-state index in [1.54, 1.807) is 18.7 Å². The van der Waals surface area contributed by atoms with Crippen molar-refractivity contribution in [1.82, 2.24) is 4.98 Å². The fourth-order valence-electron chi connectivity index (χ4n) is 1.64. The number of aryl methyl sites for hydroxylation is 1. The Morgan fingerprint density at radius 2 is 2.33 bits per heavy atom. The van der Waals surface area contributed by atoms with Gasteiger partial charge >= 0.3 is 0 Å². The van der Waals surface area contributed by atoms with Gasteiger partial charge in [-0.3, -0.25) is 4.98 Å². The predicted molar refractivity (Wildman–Crippen MR) is 58.3 cm³/mol. The van der Waals surface area contributed by atoms with E-state index in [1.165, 1.54) is 5.56 Å². The Hall–Kier alpha value is -1.61. The normalized spacial score (nSPS) is 12.7. The van der Waals surface area contributed by atoms with Crippen molar-refractivity contribution in [3.05, 3.63) is 53.7 Å². The Labute approximate surface area is 88.9 Å². The van der Waals surface area contributed by atoms with Crippen LogP contribution < -0.4 is 5.73 Å². The first-order valence-electron chi connectivity index (χ1n) is 4.94. The Balaban J connectivity index is 2.15. The molecule has 0 aliphatic rings. The lowest BCUT2D eigenvalue weighted by Gasteiger charge is -2.12. The van der Waals surface area contributed by atoms with Crippen LogP contribution in [0.1, 0.15) is 22.7 Å². The molecule has 15 heavy (non-hydrogen) atoms. The summed E-state index contributed by atoms with van der Waals surface area (Å²) in [6, 6.07) is 3.90. The quantitative estimate of drug-likeness (QED) is 0.830. The molecule has 0 fully saturated rings. The first-order valence-corrected chi connectivity index (χ1v) is 4.94. The van der Waals surface area contributed by atoms with Gasteiger partial charge in [0.25, 0.3) is 0 Å². The van der Waals surface area contributed by atoms with Gasteiger partial charge in [0.1, 0.15) is 0 Å². The highest BCUT2D eigenvalue weighted by molar-refractivity contribution is 5.26. The third-order valence-corrected chi connectivity index (χ3v) is 2.51. The van der Waals surface area contributed by atoms with Crippen molar-refractivity contribution in [2.45, 2.75) is 19.4 Å². The summed E-state index contributed by atoms with van der Waals surface area (Å²) in [6.07, 6.45) is 7.79. The fourth-order valence-corrected chi connectivity index (χ4v) is 1.64. The standard InChI is InChI=1S/C12H14N2O/c1-9-2-4-14-7-11(9)12(13)6-10-3-5-15-8-10/h2-5,7-8,12H,6,13H2,1H3. The monoisotopic (exact) mass is 202 g/mol. The summed E-state index contributed by atoms with van der Waals surface area (Å²) >= 11 is 0. The zero-order valence-corrected chi connectivity index (χ0v) is 8.68. The van der Waals surface area contributed by atoms with Crippen molar-refractivity contribution < 1.29 is 4.42 Å². The van der Waals surface area contributed by atoms with Crippen LogP contribution in [-0.2, 0) is 6.42 Å². The van der Waals surface area contributed by atoms with E-state index < -0.39 is 0 Å². The van der Waals surface area contributed by atoms with Crippen LogP contribution in [0.2, 0.25) is 0 Å². The maximum absolute atomic E-state index is 6.11. The highest BCUT2D eigenvalue weighted by Gasteiger charge is 2.10. The van der Waals surface area contributed by atoms with Gasteiger partial charge in [0.2, 0.25) is 0 Å². The van der Waals surface area contributed by atoms with Crippen LogP contribution in [0.25, 0.3) is 0 Å². The summed E-state index contributed by atoms with van der Waals surface area (Å²) in [5.41, 5.74) is 9.50. The maximum atomic E-state index is 6.11. The predicted octanol–water partition coefficient (Wildman–Crippen LogP) is 2.23. The second-order valence-corrected chi connectivity index (χ2v) is 3.67. The molecule has 2 heterocycles. The van der Waals surface area contributed by atoms with Crippen LogP contribution in [0.3, 0.4) is 0 Å². The van der Waals surface area contributed by atoms with Gasteiger partial charge in [0.05, 0.1) is 12.5 Å². The Morgan fingerprint density at radius 3 is 3.00 bits per heavy atom. The largest absolute Gasteiger partial charge is 0.472 e. The van der Waals surface area contributed by atoms with Crippen molar-refractivity contribution >= 4 is 0 Å². The van der Waals surface area contributed by atoms with Gasteiger partial charge in [-0.25, -0.2) is 0 Å². The number of hydrogen-bond acceptors (Lipinski definition) is 3. The topological polar surface area (TPSA) is 52.0 Å². The van der Waals surface area contributed by atoms with Gasteiger partial charge in [0.15, 0.2) is 0 Å². The number of hydrogen-bond donors (Lipinski definition) is 1. The van der Waals surface area contributed by atoms with E-state index >= 15 is 0 Å². The van der Waals surface area contributed by atoms with Crippen LogP contribution in [0.4, 0.5) is 0 Å². The smallest absolute Gasteiger partial charge is 0.0935 e. The molecular weight excluding hydrogens is 188 g/mol. The summed E-state index contributed by atoms with van der Waals surface area (Å²) in [7, 11) is 0. The molecular formula is C12H14N2O. The molecule has 0 saturated heterocycles. The van der Waals surface area contributed by atoms with E-state index in [0.29, 0.717) is 0 Å². The molecule has 2 aromatic heterocycles. The minimum atomic E-state index is -0.0173. The molecule has 0 bridgehead atoms. The number of pyridine rings is 1. The molecule has 0 saturated carbocycles. The summed E-state index contributed by atoms with van der Waals surface area (Å²) in [6.45, 7) is 2.05. The van der Waals surface area contributed by atoms with E-state index in [9.17, 15) is 0 Å². The van der Waals surface area contributed by atoms with Gasteiger partial charge in [-0.05, 0) is 42.2 Å². The molecule has 0 radical (unpaired) electrons. The minimum Gasteiger partial charge on any atom is -0.472 e. The summed E-state index contributed by atoms with van der Waals surface area (Å²) < 4.78 is 5.01. The lowest BCUT2D eigenvalue weighted by molar-refractivity contribution is 0.561. The Kier molecular flexibility index (Phi) is 2.83. The molecule has 2 N–H and O–H groups in total. The highest BCUT2D eigenvalue weighted by atomic mass is 16.3. The van der Waals surface area contributed by atoms with Crippen molar-refractivity contribution in [1.29, 1.82) is 0 Å². The van der Waals surface area contributed by atoms with Crippen LogP contribution in [0.15, 0.2) is 41.5 Å². The van der Waals surface area contributed by atoms with E-state index in [4.69, 9.17) is 10.2 Å². The summed E-state index contributed by atoms with van der Waals surface area (Å²) in [5.74, 6) is 0. The second-order valence-electron chi connectivity index (χ2n) is 3.67. The molecule has 2 aromatic rings. The molecule has 0 aromatic carbocycles. The Morgan fingerprint density at radius 1 is 1.47 bits per heavy atom. The van der Waals surface area contributed by atoms with Gasteiger partial charge in [-0.2, -0.15) is 0 Å². The summed E-state index contributed by atoms with van der Waals surface area (Å²) in [4.78, 5) is 4.09. The number of nitrogens with zero attached hydrogens (tertiary/aromatic N) is 1. The van der Waals surface area contributed by atoms with Gasteiger partial charge in [-0.1, -0.05) is 0 Å². The van der Waals surface area contributed by atoms with E-state index in [1.807, 2.05) is 25.3 Å². The molecule has 78 valence electrons. The van der Waals surface area contributed by atoms with E-state index in [0.717, 1.165) is 17.5 Å². The van der Waals surface area contributed by atoms with Crippen LogP contribution in [0.5, 0.6) is 0 Å². The number of aromatic nitrogens is 1. The van der Waals surface area contributed by atoms with Crippen molar-refractivity contribution in [2.75, 3.05) is 0 Å². The molecule has 0 aliphatic heterocycles. The van der Waals surface area contributed by atoms with Gasteiger partial charge in [0, 0.05) is 18.4 Å². The molecule has 0 spiro atoms. The van der Waals surface area contributed by atoms with Crippen LogP contribution in [-0.4, -0.2) is 4.98 Å². The zero-order chi connectivity index (χ0) is 10.7. The first-order chi connectivity index (χ1) is 7.27. The maximum Gasteiger partial charge on any atom is 0.0935 e. The average Bonchev–Trinajstić information content (AvgIpc) is 2.71. The fraction of sp³-hybridized carbons (Fsp3) is 0.250. The third-order valence-electron chi connectivity index (χ3n) is 2.51. The molecule has 3 nitrogen and oxygen atoms in total. The molecule has 1 unspecified atom stereocenters. The van der Waals surface area contributed by atoms with Crippen molar-refractivity contribution in [3.8, 4) is 0 Å². The van der Waals surface area contributed by atoms with Crippen molar-refractivity contribution in [2.24, 2.45) is 5.73 Å². The molecule has 0 amide bonds. The first kappa shape index (κ1) is 9.93. The zero-order valence-electron chi connectivity index (χ0n) is 8.68. The second kappa shape index (κ2) is 4.28. The number of rotatable bonds is 3. The highest BCUT2D eigenvalue weighted by Crippen LogP contribution is 2.18. The summed E-state index contributed by atoms with van der Waals surface area (Å²) in [5, 5.41) is 0. The SMILES string of the molecule is Cc1ccncc1C(N)Cc1ccoc1.